The number of carbonyl (C=O) groups is 1. The van der Waals surface area contributed by atoms with Crippen LogP contribution < -0.4 is 0 Å². The maximum absolute atomic E-state index is 13.8. The number of allylic oxidation sites excluding steroid dienone is 5. The maximum atomic E-state index is 13.8. The summed E-state index contributed by atoms with van der Waals surface area (Å²) in [7, 11) is -1.65. The highest BCUT2D eigenvalue weighted by molar-refractivity contribution is 6.69. The first-order valence-electron chi connectivity index (χ1n) is 14.0. The molecule has 4 atom stereocenters. The fourth-order valence-corrected chi connectivity index (χ4v) is 8.04. The van der Waals surface area contributed by atoms with Gasteiger partial charge in [-0.1, -0.05) is 24.2 Å². The Bertz CT molecular complexity index is 1350. The second-order valence-corrected chi connectivity index (χ2v) is 16.9. The Labute approximate surface area is 237 Å². The molecule has 5 rings (SSSR count). The van der Waals surface area contributed by atoms with Crippen LogP contribution in [0.4, 0.5) is 22.0 Å². The van der Waals surface area contributed by atoms with Gasteiger partial charge < -0.3 is 14.0 Å². The van der Waals surface area contributed by atoms with Crippen molar-refractivity contribution in [2.24, 2.45) is 22.4 Å². The van der Waals surface area contributed by atoms with Crippen LogP contribution >= 0.6 is 0 Å². The minimum atomic E-state index is -2.28. The molecule has 222 valence electrons. The number of halogens is 5. The molecule has 0 radical (unpaired) electrons. The van der Waals surface area contributed by atoms with Gasteiger partial charge in [0.1, 0.15) is 6.61 Å². The van der Waals surface area contributed by atoms with Crippen LogP contribution in [-0.2, 0) is 25.4 Å². The van der Waals surface area contributed by atoms with Crippen molar-refractivity contribution >= 4 is 20.0 Å². The minimum Gasteiger partial charge on any atom is -0.458 e. The first-order chi connectivity index (χ1) is 19.3. The fourth-order valence-electron chi connectivity index (χ4n) is 6.81. The summed E-state index contributed by atoms with van der Waals surface area (Å²) in [5.41, 5.74) is 3.45. The van der Waals surface area contributed by atoms with E-state index in [1.165, 1.54) is 16.7 Å². The van der Waals surface area contributed by atoms with Gasteiger partial charge in [-0.3, -0.25) is 0 Å². The molecule has 4 aliphatic rings. The van der Waals surface area contributed by atoms with E-state index in [2.05, 4.69) is 48.6 Å². The zero-order valence-corrected chi connectivity index (χ0v) is 24.6. The Hall–Kier alpha value is -2.79. The number of ether oxygens (including phenoxy) is 1. The summed E-state index contributed by atoms with van der Waals surface area (Å²) in [5, 5.41) is 4.02. The maximum Gasteiger partial charge on any atom is 0.347 e. The standard InChI is InChI=1S/C30H34F5NO4Si/c1-30-12-11-19-18-8-6-17(13-16(18)5-7-20(19)22(30)9-10-23(30)40-41(2,3)4)36-39-15-24(37)38-14-21-25(31)27(33)29(35)28(34)26(21)32/h11-13,20,22-23H,5-10,14-15H2,1-4H3/b36-17+/t20-,22+,23+,30+/m1/s1. The monoisotopic (exact) mass is 595 g/mol. The number of hydrogen-bond acceptors (Lipinski definition) is 5. The predicted molar refractivity (Wildman–Crippen MR) is 145 cm³/mol. The van der Waals surface area contributed by atoms with Gasteiger partial charge in [0.2, 0.25) is 12.4 Å². The van der Waals surface area contributed by atoms with Gasteiger partial charge in [-0.25, -0.2) is 26.7 Å². The number of nitrogens with zero attached hydrogens (tertiary/aromatic N) is 1. The summed E-state index contributed by atoms with van der Waals surface area (Å²) >= 11 is 0. The normalized spacial score (nSPS) is 28.3. The lowest BCUT2D eigenvalue weighted by Gasteiger charge is -2.46. The van der Waals surface area contributed by atoms with Gasteiger partial charge in [0.15, 0.2) is 31.6 Å². The molecule has 11 heteroatoms. The predicted octanol–water partition coefficient (Wildman–Crippen LogP) is 7.43. The van der Waals surface area contributed by atoms with Crippen LogP contribution in [0, 0.1) is 46.3 Å². The van der Waals surface area contributed by atoms with Crippen LogP contribution in [0.15, 0.2) is 40.1 Å². The highest BCUT2D eigenvalue weighted by Crippen LogP contribution is 2.58. The van der Waals surface area contributed by atoms with Gasteiger partial charge in [0.25, 0.3) is 0 Å². The molecule has 1 aromatic rings. The third-order valence-electron chi connectivity index (χ3n) is 8.71. The average molecular weight is 596 g/mol. The van der Waals surface area contributed by atoms with E-state index in [1.807, 2.05) is 6.08 Å². The molecule has 0 amide bonds. The molecule has 1 fully saturated rings. The van der Waals surface area contributed by atoms with Crippen molar-refractivity contribution in [1.29, 1.82) is 0 Å². The molecule has 0 spiro atoms. The van der Waals surface area contributed by atoms with E-state index in [0.29, 0.717) is 24.0 Å². The van der Waals surface area contributed by atoms with E-state index < -0.39 is 62.2 Å². The van der Waals surface area contributed by atoms with E-state index >= 15 is 0 Å². The van der Waals surface area contributed by atoms with Crippen molar-refractivity contribution in [3.63, 3.8) is 0 Å². The van der Waals surface area contributed by atoms with Gasteiger partial charge in [-0.15, -0.1) is 0 Å². The van der Waals surface area contributed by atoms with Crippen molar-refractivity contribution in [1.82, 2.24) is 0 Å². The second-order valence-electron chi connectivity index (χ2n) is 12.4. The molecule has 5 nitrogen and oxygen atoms in total. The molecule has 0 heterocycles. The molecule has 0 N–H and O–H groups in total. The lowest BCUT2D eigenvalue weighted by atomic mass is 9.60. The van der Waals surface area contributed by atoms with E-state index in [1.54, 1.807) is 0 Å². The summed E-state index contributed by atoms with van der Waals surface area (Å²) in [6.45, 7) is 7.28. The van der Waals surface area contributed by atoms with Crippen LogP contribution in [0.5, 0.6) is 0 Å². The molecule has 4 aliphatic carbocycles. The molecule has 0 aromatic heterocycles. The highest BCUT2D eigenvalue weighted by atomic mass is 28.4. The number of esters is 1. The topological polar surface area (TPSA) is 57.1 Å². The van der Waals surface area contributed by atoms with E-state index in [4.69, 9.17) is 9.26 Å². The van der Waals surface area contributed by atoms with Crippen molar-refractivity contribution in [3.8, 4) is 0 Å². The van der Waals surface area contributed by atoms with Crippen molar-refractivity contribution < 1.29 is 40.7 Å². The number of hydrogen-bond donors (Lipinski definition) is 0. The summed E-state index contributed by atoms with van der Waals surface area (Å²) in [6.07, 6.45) is 12.6. The molecule has 0 bridgehead atoms. The fraction of sp³-hybridized carbons (Fsp3) is 0.533. The summed E-state index contributed by atoms with van der Waals surface area (Å²) in [4.78, 5) is 17.1. The third kappa shape index (κ3) is 5.67. The van der Waals surface area contributed by atoms with Crippen LogP contribution in [0.3, 0.4) is 0 Å². The second kappa shape index (κ2) is 11.1. The lowest BCUT2D eigenvalue weighted by Crippen LogP contribution is -2.44. The van der Waals surface area contributed by atoms with Gasteiger partial charge in [-0.2, -0.15) is 0 Å². The number of oxime groups is 1. The van der Waals surface area contributed by atoms with Gasteiger partial charge in [-0.05, 0) is 92.8 Å². The quantitative estimate of drug-likeness (QED) is 0.0822. The number of fused-ring (bicyclic) bond motifs is 4. The largest absolute Gasteiger partial charge is 0.458 e. The molecule has 41 heavy (non-hydrogen) atoms. The lowest BCUT2D eigenvalue weighted by molar-refractivity contribution is -0.150. The molecule has 0 aliphatic heterocycles. The number of carbonyl (C=O) groups excluding carboxylic acids is 1. The van der Waals surface area contributed by atoms with Gasteiger partial charge >= 0.3 is 5.97 Å². The van der Waals surface area contributed by atoms with Gasteiger partial charge in [0.05, 0.1) is 17.4 Å². The first-order valence-corrected chi connectivity index (χ1v) is 17.4. The van der Waals surface area contributed by atoms with E-state index in [9.17, 15) is 26.7 Å². The molecule has 0 saturated heterocycles. The summed E-state index contributed by atoms with van der Waals surface area (Å²) in [5.74, 6) is -10.6. The Morgan fingerprint density at radius 2 is 1.66 bits per heavy atom. The SMILES string of the molecule is C[C@]12C=CC3=C4CC/C(=N\OCC(=O)OCc5c(F)c(F)c(F)c(F)c5F)C=C4CC[C@H]3[C@@H]1CC[C@@H]2O[Si](C)(C)C. The highest BCUT2D eigenvalue weighted by Gasteiger charge is 2.52. The average Bonchev–Trinajstić information content (AvgIpc) is 3.25. The smallest absolute Gasteiger partial charge is 0.347 e. The van der Waals surface area contributed by atoms with Crippen LogP contribution in [-0.4, -0.2) is 32.7 Å². The number of benzene rings is 1. The Balaban J connectivity index is 1.21. The Morgan fingerprint density at radius 1 is 0.976 bits per heavy atom. The van der Waals surface area contributed by atoms with Crippen molar-refractivity contribution in [2.45, 2.75) is 77.8 Å². The molecule has 1 saturated carbocycles. The van der Waals surface area contributed by atoms with Gasteiger partial charge in [0, 0.05) is 5.41 Å². The minimum absolute atomic E-state index is 0.0521. The van der Waals surface area contributed by atoms with Crippen LogP contribution in [0.1, 0.15) is 51.0 Å². The van der Waals surface area contributed by atoms with Crippen LogP contribution in [0.25, 0.3) is 0 Å². The van der Waals surface area contributed by atoms with Crippen LogP contribution in [0.2, 0.25) is 19.6 Å². The Morgan fingerprint density at radius 3 is 2.34 bits per heavy atom. The van der Waals surface area contributed by atoms with Crippen molar-refractivity contribution in [3.05, 3.63) is 69.6 Å². The zero-order valence-electron chi connectivity index (χ0n) is 23.6. The molecular weight excluding hydrogens is 561 g/mol. The summed E-state index contributed by atoms with van der Waals surface area (Å²) < 4.78 is 78.6. The molecular formula is C30H34F5NO4Si. The molecule has 0 unspecified atom stereocenters. The third-order valence-corrected chi connectivity index (χ3v) is 9.70. The van der Waals surface area contributed by atoms with Crippen molar-refractivity contribution in [2.75, 3.05) is 6.61 Å². The summed E-state index contributed by atoms with van der Waals surface area (Å²) in [6, 6.07) is 0. The first kappa shape index (κ1) is 29.7. The molecule has 1 aromatic carbocycles. The van der Waals surface area contributed by atoms with E-state index in [0.717, 1.165) is 32.1 Å². The van der Waals surface area contributed by atoms with E-state index in [-0.39, 0.29) is 11.5 Å². The zero-order chi connectivity index (χ0) is 29.7. The Kier molecular flexibility index (Phi) is 8.06. The number of rotatable bonds is 7.